The Bertz CT molecular complexity index is 618. The van der Waals surface area contributed by atoms with E-state index in [4.69, 9.17) is 5.11 Å². The number of thiazole rings is 1. The largest absolute Gasteiger partial charge is 0.478 e. The maximum Gasteiger partial charge on any atom is 0.335 e. The predicted molar refractivity (Wildman–Crippen MR) is 80.6 cm³/mol. The molecule has 1 aromatic heterocycles. The molecule has 0 radical (unpaired) electrons. The van der Waals surface area contributed by atoms with E-state index in [1.54, 1.807) is 29.5 Å². The van der Waals surface area contributed by atoms with E-state index in [0.717, 1.165) is 29.5 Å². The Morgan fingerprint density at radius 2 is 2.05 bits per heavy atom. The van der Waals surface area contributed by atoms with Crippen LogP contribution in [-0.2, 0) is 0 Å². The van der Waals surface area contributed by atoms with E-state index in [0.29, 0.717) is 5.56 Å². The summed E-state index contributed by atoms with van der Waals surface area (Å²) in [5.74, 6) is -0.904. The van der Waals surface area contributed by atoms with E-state index in [9.17, 15) is 4.79 Å². The van der Waals surface area contributed by atoms with Gasteiger partial charge in [-0.2, -0.15) is 0 Å². The van der Waals surface area contributed by atoms with Gasteiger partial charge < -0.3 is 10.0 Å². The first-order chi connectivity index (χ1) is 9.74. The minimum atomic E-state index is -0.904. The van der Waals surface area contributed by atoms with E-state index in [1.807, 2.05) is 11.4 Å². The third-order valence-electron chi connectivity index (χ3n) is 3.52. The number of anilines is 1. The van der Waals surface area contributed by atoms with Crippen LogP contribution in [0.2, 0.25) is 0 Å². The lowest BCUT2D eigenvalue weighted by atomic mass is 10.1. The predicted octanol–water partition coefficient (Wildman–Crippen LogP) is 3.50. The van der Waals surface area contributed by atoms with Gasteiger partial charge >= 0.3 is 5.97 Å². The average molecular weight is 288 g/mol. The number of hydrogen-bond donors (Lipinski definition) is 1. The molecule has 1 saturated heterocycles. The van der Waals surface area contributed by atoms with Crippen molar-refractivity contribution in [2.75, 3.05) is 18.0 Å². The summed E-state index contributed by atoms with van der Waals surface area (Å²) in [6.07, 6.45) is 3.75. The van der Waals surface area contributed by atoms with Crippen molar-refractivity contribution in [3.63, 3.8) is 0 Å². The molecule has 104 valence electrons. The molecule has 1 aliphatic heterocycles. The zero-order valence-corrected chi connectivity index (χ0v) is 11.9. The summed E-state index contributed by atoms with van der Waals surface area (Å²) in [5, 5.41) is 12.1. The lowest BCUT2D eigenvalue weighted by Gasteiger charge is -2.25. The number of aromatic nitrogens is 1. The van der Waals surface area contributed by atoms with Crippen LogP contribution in [0.15, 0.2) is 29.6 Å². The molecule has 2 aromatic rings. The summed E-state index contributed by atoms with van der Waals surface area (Å²) in [6.45, 7) is 2.14. The van der Waals surface area contributed by atoms with E-state index < -0.39 is 5.97 Å². The molecule has 5 heteroatoms. The molecule has 0 spiro atoms. The van der Waals surface area contributed by atoms with E-state index >= 15 is 0 Å². The number of aromatic carboxylic acids is 1. The number of carboxylic acids is 1. The van der Waals surface area contributed by atoms with Gasteiger partial charge in [-0.15, -0.1) is 11.3 Å². The van der Waals surface area contributed by atoms with Crippen LogP contribution in [0.5, 0.6) is 0 Å². The number of nitrogens with zero attached hydrogens (tertiary/aromatic N) is 2. The van der Waals surface area contributed by atoms with Crippen LogP contribution in [0.4, 0.5) is 5.13 Å². The average Bonchev–Trinajstić information content (AvgIpc) is 2.98. The fourth-order valence-corrected chi connectivity index (χ4v) is 3.33. The van der Waals surface area contributed by atoms with Crippen molar-refractivity contribution in [1.29, 1.82) is 0 Å². The molecule has 1 aliphatic rings. The van der Waals surface area contributed by atoms with Gasteiger partial charge in [0.15, 0.2) is 5.13 Å². The molecule has 0 aliphatic carbocycles. The molecule has 1 fully saturated rings. The zero-order chi connectivity index (χ0) is 13.9. The fraction of sp³-hybridized carbons (Fsp3) is 0.333. The lowest BCUT2D eigenvalue weighted by Crippen LogP contribution is -2.29. The van der Waals surface area contributed by atoms with E-state index in [-0.39, 0.29) is 0 Å². The number of rotatable bonds is 3. The molecule has 0 amide bonds. The Labute approximate surface area is 121 Å². The second-order valence-electron chi connectivity index (χ2n) is 4.95. The van der Waals surface area contributed by atoms with Crippen molar-refractivity contribution in [1.82, 2.24) is 4.98 Å². The van der Waals surface area contributed by atoms with Crippen molar-refractivity contribution < 1.29 is 9.90 Å². The molecule has 2 heterocycles. The van der Waals surface area contributed by atoms with Gasteiger partial charge in [-0.3, -0.25) is 0 Å². The summed E-state index contributed by atoms with van der Waals surface area (Å²) in [6, 6.07) is 6.95. The molecule has 0 unspecified atom stereocenters. The van der Waals surface area contributed by atoms with Gasteiger partial charge in [-0.25, -0.2) is 9.78 Å². The van der Waals surface area contributed by atoms with Crippen LogP contribution >= 0.6 is 11.3 Å². The Morgan fingerprint density at radius 1 is 1.25 bits per heavy atom. The molecule has 20 heavy (non-hydrogen) atoms. The standard InChI is InChI=1S/C15H16N2O2S/c18-14(19)12-6-4-5-11(9-12)13-10-20-15(16-13)17-7-2-1-3-8-17/h4-6,9-10H,1-3,7-8H2,(H,18,19). The van der Waals surface area contributed by atoms with Gasteiger partial charge in [0.1, 0.15) is 0 Å². The SMILES string of the molecule is O=C(O)c1cccc(-c2csc(N3CCCCC3)n2)c1. The number of benzene rings is 1. The Kier molecular flexibility index (Phi) is 3.69. The molecule has 0 saturated carbocycles. The van der Waals surface area contributed by atoms with Crippen molar-refractivity contribution in [3.8, 4) is 11.3 Å². The zero-order valence-electron chi connectivity index (χ0n) is 11.1. The Balaban J connectivity index is 1.85. The van der Waals surface area contributed by atoms with Crippen LogP contribution < -0.4 is 4.90 Å². The first-order valence-corrected chi connectivity index (χ1v) is 7.66. The maximum absolute atomic E-state index is 11.0. The summed E-state index contributed by atoms with van der Waals surface area (Å²) in [5.41, 5.74) is 2.03. The summed E-state index contributed by atoms with van der Waals surface area (Å²) in [4.78, 5) is 18.0. The van der Waals surface area contributed by atoms with Gasteiger partial charge in [0.05, 0.1) is 11.3 Å². The second kappa shape index (κ2) is 5.63. The highest BCUT2D eigenvalue weighted by molar-refractivity contribution is 7.14. The summed E-state index contributed by atoms with van der Waals surface area (Å²) in [7, 11) is 0. The normalized spacial score (nSPS) is 15.3. The van der Waals surface area contributed by atoms with Gasteiger partial charge in [0, 0.05) is 24.0 Å². The Hall–Kier alpha value is -1.88. The first kappa shape index (κ1) is 13.1. The lowest BCUT2D eigenvalue weighted by molar-refractivity contribution is 0.0697. The van der Waals surface area contributed by atoms with Crippen LogP contribution in [0.25, 0.3) is 11.3 Å². The molecular formula is C15H16N2O2S. The van der Waals surface area contributed by atoms with Crippen LogP contribution in [0, 0.1) is 0 Å². The van der Waals surface area contributed by atoms with Gasteiger partial charge in [0.25, 0.3) is 0 Å². The smallest absolute Gasteiger partial charge is 0.335 e. The van der Waals surface area contributed by atoms with Crippen molar-refractivity contribution in [2.24, 2.45) is 0 Å². The number of hydrogen-bond acceptors (Lipinski definition) is 4. The minimum Gasteiger partial charge on any atom is -0.478 e. The molecule has 1 N–H and O–H groups in total. The third kappa shape index (κ3) is 2.67. The fourth-order valence-electron chi connectivity index (χ4n) is 2.44. The van der Waals surface area contributed by atoms with Crippen LogP contribution in [0.1, 0.15) is 29.6 Å². The molecule has 4 nitrogen and oxygen atoms in total. The quantitative estimate of drug-likeness (QED) is 0.939. The van der Waals surface area contributed by atoms with Crippen molar-refractivity contribution >= 4 is 22.4 Å². The molecule has 0 bridgehead atoms. The number of piperidine rings is 1. The van der Waals surface area contributed by atoms with Crippen molar-refractivity contribution in [2.45, 2.75) is 19.3 Å². The van der Waals surface area contributed by atoms with E-state index in [2.05, 4.69) is 9.88 Å². The maximum atomic E-state index is 11.0. The van der Waals surface area contributed by atoms with Gasteiger partial charge in [-0.05, 0) is 31.4 Å². The number of carbonyl (C=O) groups is 1. The highest BCUT2D eigenvalue weighted by Crippen LogP contribution is 2.29. The van der Waals surface area contributed by atoms with Crippen molar-refractivity contribution in [3.05, 3.63) is 35.2 Å². The summed E-state index contributed by atoms with van der Waals surface area (Å²) < 4.78 is 0. The third-order valence-corrected chi connectivity index (χ3v) is 4.43. The highest BCUT2D eigenvalue weighted by Gasteiger charge is 2.15. The van der Waals surface area contributed by atoms with Gasteiger partial charge in [0.2, 0.25) is 0 Å². The second-order valence-corrected chi connectivity index (χ2v) is 5.79. The number of carboxylic acid groups (broad SMARTS) is 1. The minimum absolute atomic E-state index is 0.301. The molecule has 0 atom stereocenters. The topological polar surface area (TPSA) is 53.4 Å². The first-order valence-electron chi connectivity index (χ1n) is 6.78. The Morgan fingerprint density at radius 3 is 2.80 bits per heavy atom. The van der Waals surface area contributed by atoms with Crippen LogP contribution in [0.3, 0.4) is 0 Å². The van der Waals surface area contributed by atoms with E-state index in [1.165, 1.54) is 19.3 Å². The highest BCUT2D eigenvalue weighted by atomic mass is 32.1. The van der Waals surface area contributed by atoms with Crippen LogP contribution in [-0.4, -0.2) is 29.1 Å². The molecule has 1 aromatic carbocycles. The monoisotopic (exact) mass is 288 g/mol. The van der Waals surface area contributed by atoms with Gasteiger partial charge in [-0.1, -0.05) is 12.1 Å². The molecule has 3 rings (SSSR count). The molecular weight excluding hydrogens is 272 g/mol. The summed E-state index contributed by atoms with van der Waals surface area (Å²) >= 11 is 1.63.